The van der Waals surface area contributed by atoms with Crippen LogP contribution in [-0.4, -0.2) is 23.2 Å². The Morgan fingerprint density at radius 2 is 1.79 bits per heavy atom. The van der Waals surface area contributed by atoms with Crippen molar-refractivity contribution in [1.82, 2.24) is 5.32 Å². The lowest BCUT2D eigenvalue weighted by molar-refractivity contribution is 0.0885. The summed E-state index contributed by atoms with van der Waals surface area (Å²) in [7, 11) is 0. The Morgan fingerprint density at radius 1 is 1.26 bits per heavy atom. The molecule has 0 aromatic heterocycles. The first-order valence-corrected chi connectivity index (χ1v) is 6.84. The minimum absolute atomic E-state index is 0.0483. The third-order valence-electron chi connectivity index (χ3n) is 3.76. The number of carbonyl (C=O) groups is 1. The summed E-state index contributed by atoms with van der Waals surface area (Å²) >= 11 is 0. The molecule has 0 radical (unpaired) electrons. The van der Waals surface area contributed by atoms with E-state index in [9.17, 15) is 4.79 Å². The van der Waals surface area contributed by atoms with Crippen LogP contribution < -0.4 is 5.32 Å². The van der Waals surface area contributed by atoms with Gasteiger partial charge in [-0.25, -0.2) is 0 Å². The molecule has 1 rings (SSSR count). The van der Waals surface area contributed by atoms with Crippen LogP contribution in [0, 0.1) is 20.8 Å². The molecular weight excluding hydrogens is 238 g/mol. The maximum Gasteiger partial charge on any atom is 0.252 e. The lowest BCUT2D eigenvalue weighted by Gasteiger charge is -2.29. The highest BCUT2D eigenvalue weighted by atomic mass is 16.3. The molecule has 1 aromatic rings. The summed E-state index contributed by atoms with van der Waals surface area (Å²) in [5.74, 6) is -0.0483. The molecule has 0 saturated carbocycles. The number of hydrogen-bond donors (Lipinski definition) is 2. The molecule has 3 nitrogen and oxygen atoms in total. The number of carbonyl (C=O) groups excluding carboxylic acids is 1. The topological polar surface area (TPSA) is 49.3 Å². The van der Waals surface area contributed by atoms with Gasteiger partial charge in [-0.2, -0.15) is 0 Å². The van der Waals surface area contributed by atoms with E-state index in [0.29, 0.717) is 6.42 Å². The van der Waals surface area contributed by atoms with E-state index in [1.54, 1.807) is 0 Å². The Balaban J connectivity index is 3.02. The number of rotatable bonds is 5. The fraction of sp³-hybridized carbons (Fsp3) is 0.562. The van der Waals surface area contributed by atoms with Gasteiger partial charge in [-0.1, -0.05) is 24.6 Å². The van der Waals surface area contributed by atoms with Crippen molar-refractivity contribution in [2.75, 3.05) is 6.61 Å². The second-order valence-corrected chi connectivity index (χ2v) is 5.62. The first kappa shape index (κ1) is 15.7. The Labute approximate surface area is 116 Å². The van der Waals surface area contributed by atoms with E-state index < -0.39 is 0 Å². The highest BCUT2D eigenvalue weighted by Gasteiger charge is 2.25. The average molecular weight is 263 g/mol. The number of aliphatic hydroxyl groups excluding tert-OH is 1. The number of hydrogen-bond acceptors (Lipinski definition) is 2. The van der Waals surface area contributed by atoms with Crippen molar-refractivity contribution >= 4 is 5.91 Å². The van der Waals surface area contributed by atoms with Gasteiger partial charge in [-0.15, -0.1) is 0 Å². The lowest BCUT2D eigenvalue weighted by Crippen LogP contribution is -2.46. The van der Waals surface area contributed by atoms with Gasteiger partial charge >= 0.3 is 0 Å². The quantitative estimate of drug-likeness (QED) is 0.858. The fourth-order valence-electron chi connectivity index (χ4n) is 2.45. The maximum absolute atomic E-state index is 12.5. The summed E-state index contributed by atoms with van der Waals surface area (Å²) < 4.78 is 0. The van der Waals surface area contributed by atoms with Crippen LogP contribution in [0.5, 0.6) is 0 Å². The second kappa shape index (κ2) is 6.20. The standard InChI is InChI=1S/C16H25NO2/c1-6-16(5,7-8-18)17-15(19)14-12(3)9-11(2)10-13(14)4/h9-10,18H,6-8H2,1-5H3,(H,17,19). The van der Waals surface area contributed by atoms with Crippen molar-refractivity contribution in [2.45, 2.75) is 53.0 Å². The van der Waals surface area contributed by atoms with Gasteiger partial charge in [0.05, 0.1) is 0 Å². The van der Waals surface area contributed by atoms with Crippen molar-refractivity contribution in [1.29, 1.82) is 0 Å². The molecular formula is C16H25NO2. The normalized spacial score (nSPS) is 14.0. The molecule has 0 fully saturated rings. The van der Waals surface area contributed by atoms with E-state index >= 15 is 0 Å². The molecule has 0 aliphatic carbocycles. The molecule has 19 heavy (non-hydrogen) atoms. The van der Waals surface area contributed by atoms with Crippen LogP contribution >= 0.6 is 0 Å². The zero-order chi connectivity index (χ0) is 14.6. The van der Waals surface area contributed by atoms with Crippen LogP contribution in [0.15, 0.2) is 12.1 Å². The molecule has 1 unspecified atom stereocenters. The summed E-state index contributed by atoms with van der Waals surface area (Å²) in [5.41, 5.74) is 3.56. The molecule has 0 saturated heterocycles. The van der Waals surface area contributed by atoms with Crippen LogP contribution in [0.3, 0.4) is 0 Å². The SMILES string of the molecule is CCC(C)(CCO)NC(=O)c1c(C)cc(C)cc1C. The van der Waals surface area contributed by atoms with Crippen LogP contribution in [0.4, 0.5) is 0 Å². The van der Waals surface area contributed by atoms with Gasteiger partial charge < -0.3 is 10.4 Å². The summed E-state index contributed by atoms with van der Waals surface area (Å²) in [5, 5.41) is 12.2. The number of amides is 1. The minimum Gasteiger partial charge on any atom is -0.396 e. The van der Waals surface area contributed by atoms with Gasteiger partial charge in [-0.05, 0) is 51.7 Å². The zero-order valence-electron chi connectivity index (χ0n) is 12.6. The molecule has 0 spiro atoms. The first-order chi connectivity index (χ1) is 8.83. The molecule has 1 atom stereocenters. The summed E-state index contributed by atoms with van der Waals surface area (Å²) in [6.07, 6.45) is 1.36. The van der Waals surface area contributed by atoms with Gasteiger partial charge in [0, 0.05) is 17.7 Å². The molecule has 0 bridgehead atoms. The predicted molar refractivity (Wildman–Crippen MR) is 78.5 cm³/mol. The van der Waals surface area contributed by atoms with E-state index in [-0.39, 0.29) is 18.1 Å². The van der Waals surface area contributed by atoms with Gasteiger partial charge in [0.25, 0.3) is 5.91 Å². The Hall–Kier alpha value is -1.35. The molecule has 0 aliphatic rings. The molecule has 0 aliphatic heterocycles. The Bertz CT molecular complexity index is 445. The van der Waals surface area contributed by atoms with E-state index in [1.165, 1.54) is 5.56 Å². The molecule has 106 valence electrons. The van der Waals surface area contributed by atoms with Crippen LogP contribution in [-0.2, 0) is 0 Å². The van der Waals surface area contributed by atoms with Crippen molar-refractivity contribution in [2.24, 2.45) is 0 Å². The Kier molecular flexibility index (Phi) is 5.12. The van der Waals surface area contributed by atoms with Crippen LogP contribution in [0.25, 0.3) is 0 Å². The van der Waals surface area contributed by atoms with E-state index in [1.807, 2.05) is 46.8 Å². The minimum atomic E-state index is -0.352. The van der Waals surface area contributed by atoms with Crippen molar-refractivity contribution in [3.63, 3.8) is 0 Å². The van der Waals surface area contributed by atoms with Crippen molar-refractivity contribution in [3.05, 3.63) is 34.4 Å². The highest BCUT2D eigenvalue weighted by Crippen LogP contribution is 2.19. The van der Waals surface area contributed by atoms with Crippen LogP contribution in [0.1, 0.15) is 53.7 Å². The van der Waals surface area contributed by atoms with E-state index in [2.05, 4.69) is 5.32 Å². The predicted octanol–water partition coefficient (Wildman–Crippen LogP) is 2.89. The molecule has 1 aromatic carbocycles. The lowest BCUT2D eigenvalue weighted by atomic mass is 9.93. The number of nitrogens with one attached hydrogen (secondary N) is 1. The zero-order valence-corrected chi connectivity index (χ0v) is 12.6. The number of aliphatic hydroxyl groups is 1. The fourth-order valence-corrected chi connectivity index (χ4v) is 2.45. The smallest absolute Gasteiger partial charge is 0.252 e. The number of aryl methyl sites for hydroxylation is 3. The van der Waals surface area contributed by atoms with Gasteiger partial charge in [0.2, 0.25) is 0 Å². The van der Waals surface area contributed by atoms with E-state index in [4.69, 9.17) is 5.11 Å². The van der Waals surface area contributed by atoms with Gasteiger partial charge in [0.15, 0.2) is 0 Å². The molecule has 1 amide bonds. The number of benzene rings is 1. The van der Waals surface area contributed by atoms with Crippen molar-refractivity contribution < 1.29 is 9.90 Å². The summed E-state index contributed by atoms with van der Waals surface area (Å²) in [6, 6.07) is 4.05. The largest absolute Gasteiger partial charge is 0.396 e. The van der Waals surface area contributed by atoms with Gasteiger partial charge in [-0.3, -0.25) is 4.79 Å². The molecule has 2 N–H and O–H groups in total. The first-order valence-electron chi connectivity index (χ1n) is 6.84. The summed E-state index contributed by atoms with van der Waals surface area (Å²) in [6.45, 7) is 10.0. The average Bonchev–Trinajstić information content (AvgIpc) is 2.27. The Morgan fingerprint density at radius 3 is 2.21 bits per heavy atom. The molecule has 3 heteroatoms. The van der Waals surface area contributed by atoms with Crippen LogP contribution in [0.2, 0.25) is 0 Å². The summed E-state index contributed by atoms with van der Waals surface area (Å²) in [4.78, 5) is 12.5. The van der Waals surface area contributed by atoms with Crippen molar-refractivity contribution in [3.8, 4) is 0 Å². The highest BCUT2D eigenvalue weighted by molar-refractivity contribution is 5.97. The third-order valence-corrected chi connectivity index (χ3v) is 3.76. The second-order valence-electron chi connectivity index (χ2n) is 5.62. The van der Waals surface area contributed by atoms with E-state index in [0.717, 1.165) is 23.1 Å². The molecule has 0 heterocycles. The monoisotopic (exact) mass is 263 g/mol. The third kappa shape index (κ3) is 3.80. The maximum atomic E-state index is 12.5. The van der Waals surface area contributed by atoms with Gasteiger partial charge in [0.1, 0.15) is 0 Å².